The van der Waals surface area contributed by atoms with E-state index in [-0.39, 0.29) is 11.8 Å². The van der Waals surface area contributed by atoms with E-state index in [2.05, 4.69) is 0 Å². The lowest BCUT2D eigenvalue weighted by molar-refractivity contribution is -0.119. The van der Waals surface area contributed by atoms with Gasteiger partial charge in [-0.15, -0.1) is 0 Å². The Balaban J connectivity index is 1.94. The third-order valence-corrected chi connectivity index (χ3v) is 7.86. The summed E-state index contributed by atoms with van der Waals surface area (Å²) in [4.78, 5) is 31.1. The van der Waals surface area contributed by atoms with Crippen LogP contribution in [0.2, 0.25) is 10.0 Å². The molecular weight excluding hydrogens is 491 g/mol. The van der Waals surface area contributed by atoms with Crippen molar-refractivity contribution in [2.45, 2.75) is 24.9 Å². The first-order chi connectivity index (χ1) is 17.3. The molecule has 6 heteroatoms. The van der Waals surface area contributed by atoms with Crippen molar-refractivity contribution in [3.8, 4) is 0 Å². The number of anilines is 2. The molecule has 2 unspecified atom stereocenters. The summed E-state index contributed by atoms with van der Waals surface area (Å²) in [7, 11) is 0. The van der Waals surface area contributed by atoms with Crippen LogP contribution in [0.25, 0.3) is 0 Å². The fourth-order valence-corrected chi connectivity index (χ4v) is 6.80. The maximum atomic E-state index is 13.7. The van der Waals surface area contributed by atoms with Crippen LogP contribution in [-0.2, 0) is 20.7 Å². The number of halogens is 2. The fourth-order valence-electron chi connectivity index (χ4n) is 6.46. The van der Waals surface area contributed by atoms with Crippen LogP contribution >= 0.6 is 23.2 Å². The van der Waals surface area contributed by atoms with Crippen molar-refractivity contribution in [3.63, 3.8) is 0 Å². The first-order valence-corrected chi connectivity index (χ1v) is 12.4. The van der Waals surface area contributed by atoms with Crippen LogP contribution in [0.15, 0.2) is 97.1 Å². The van der Waals surface area contributed by atoms with E-state index in [4.69, 9.17) is 23.2 Å². The number of fused-ring (bicyclic) bond motifs is 5. The van der Waals surface area contributed by atoms with E-state index in [1.165, 1.54) is 0 Å². The highest BCUT2D eigenvalue weighted by Crippen LogP contribution is 2.70. The molecular formula is C30H22Cl2N2O2. The molecule has 0 saturated carbocycles. The molecule has 4 aromatic carbocycles. The first kappa shape index (κ1) is 22.8. The highest BCUT2D eigenvalue weighted by Gasteiger charge is 2.73. The number of carbonyl (C=O) groups excluding carboxylic acids is 2. The Kier molecular flexibility index (Phi) is 5.05. The van der Waals surface area contributed by atoms with Gasteiger partial charge in [0.25, 0.3) is 0 Å². The van der Waals surface area contributed by atoms with Crippen LogP contribution < -0.4 is 9.80 Å². The van der Waals surface area contributed by atoms with E-state index in [9.17, 15) is 9.59 Å². The molecule has 0 aliphatic carbocycles. The van der Waals surface area contributed by atoms with Gasteiger partial charge in [0, 0.05) is 35.0 Å². The van der Waals surface area contributed by atoms with Crippen molar-refractivity contribution < 1.29 is 9.59 Å². The summed E-state index contributed by atoms with van der Waals surface area (Å²) in [6.45, 7) is 3.12. The standard InChI is InChI=1S/C30H22Cl2N2O2/c1-19(35)33-27-15-13-23(31)17-25(27)30(22-11-7-4-8-12-22)29(33,21-9-5-3-6-10-21)26-18-24(32)14-16-28(26)34(30)20(2)36/h3-18H,1-2H3. The zero-order valence-corrected chi connectivity index (χ0v) is 21.2. The van der Waals surface area contributed by atoms with E-state index in [0.29, 0.717) is 21.4 Å². The second kappa shape index (κ2) is 7.95. The predicted molar refractivity (Wildman–Crippen MR) is 144 cm³/mol. The van der Waals surface area contributed by atoms with Crippen LogP contribution in [-0.4, -0.2) is 11.8 Å². The lowest BCUT2D eigenvalue weighted by Crippen LogP contribution is -2.62. The summed E-state index contributed by atoms with van der Waals surface area (Å²) in [6.07, 6.45) is 0. The molecule has 2 amide bonds. The second-order valence-corrected chi connectivity index (χ2v) is 10.1. The maximum absolute atomic E-state index is 13.7. The summed E-state index contributed by atoms with van der Waals surface area (Å²) in [5.41, 5.74) is 2.42. The molecule has 178 valence electrons. The Bertz CT molecular complexity index is 1420. The molecule has 2 aliphatic rings. The van der Waals surface area contributed by atoms with Crippen LogP contribution in [0, 0.1) is 0 Å². The van der Waals surface area contributed by atoms with Crippen LogP contribution in [0.1, 0.15) is 36.1 Å². The molecule has 0 saturated heterocycles. The monoisotopic (exact) mass is 512 g/mol. The fraction of sp³-hybridized carbons (Fsp3) is 0.133. The molecule has 2 heterocycles. The molecule has 4 aromatic rings. The number of rotatable bonds is 2. The van der Waals surface area contributed by atoms with Gasteiger partial charge >= 0.3 is 0 Å². The van der Waals surface area contributed by atoms with E-state index in [1.807, 2.05) is 94.7 Å². The van der Waals surface area contributed by atoms with E-state index >= 15 is 0 Å². The summed E-state index contributed by atoms with van der Waals surface area (Å²) < 4.78 is 0. The minimum atomic E-state index is -1.14. The second-order valence-electron chi connectivity index (χ2n) is 9.18. The molecule has 0 aromatic heterocycles. The normalized spacial score (nSPS) is 21.7. The van der Waals surface area contributed by atoms with Gasteiger partial charge in [0.15, 0.2) is 0 Å². The SMILES string of the molecule is CC(=O)N1c2ccc(Cl)cc2C2(c3ccccc3)N(C(C)=O)c3ccc(Cl)cc3C12c1ccccc1. The molecule has 0 fully saturated rings. The molecule has 2 aliphatic heterocycles. The Labute approximate surface area is 219 Å². The molecule has 36 heavy (non-hydrogen) atoms. The van der Waals surface area contributed by atoms with Gasteiger partial charge in [0.2, 0.25) is 11.8 Å². The molecule has 0 bridgehead atoms. The first-order valence-electron chi connectivity index (χ1n) is 11.7. The molecule has 2 atom stereocenters. The number of amides is 2. The number of nitrogens with zero attached hydrogens (tertiary/aromatic N) is 2. The average molecular weight is 513 g/mol. The number of hydrogen-bond acceptors (Lipinski definition) is 2. The number of benzene rings is 4. The van der Waals surface area contributed by atoms with E-state index in [0.717, 1.165) is 22.3 Å². The largest absolute Gasteiger partial charge is 0.295 e. The molecule has 6 rings (SSSR count). The van der Waals surface area contributed by atoms with Gasteiger partial charge in [-0.1, -0.05) is 83.9 Å². The van der Waals surface area contributed by atoms with Crippen molar-refractivity contribution in [2.24, 2.45) is 0 Å². The molecule has 0 radical (unpaired) electrons. The zero-order chi connectivity index (χ0) is 25.2. The van der Waals surface area contributed by atoms with Gasteiger partial charge in [-0.05, 0) is 47.5 Å². The van der Waals surface area contributed by atoms with E-state index < -0.39 is 11.1 Å². The Morgan fingerprint density at radius 2 is 0.944 bits per heavy atom. The van der Waals surface area contributed by atoms with Crippen molar-refractivity contribution in [3.05, 3.63) is 129 Å². The lowest BCUT2D eigenvalue weighted by atomic mass is 9.65. The average Bonchev–Trinajstić information content (AvgIpc) is 3.29. The van der Waals surface area contributed by atoms with Gasteiger partial charge in [0.1, 0.15) is 11.1 Å². The smallest absolute Gasteiger partial charge is 0.225 e. The molecule has 4 nitrogen and oxygen atoms in total. The summed E-state index contributed by atoms with van der Waals surface area (Å²) >= 11 is 13.2. The van der Waals surface area contributed by atoms with Crippen molar-refractivity contribution >= 4 is 46.4 Å². The van der Waals surface area contributed by atoms with Crippen LogP contribution in [0.5, 0.6) is 0 Å². The van der Waals surface area contributed by atoms with Gasteiger partial charge < -0.3 is 0 Å². The number of hydrogen-bond donors (Lipinski definition) is 0. The van der Waals surface area contributed by atoms with Gasteiger partial charge in [-0.3, -0.25) is 19.4 Å². The van der Waals surface area contributed by atoms with E-state index in [1.54, 1.807) is 26.0 Å². The highest BCUT2D eigenvalue weighted by molar-refractivity contribution is 6.31. The Morgan fingerprint density at radius 1 is 0.583 bits per heavy atom. The summed E-state index contributed by atoms with van der Waals surface area (Å²) in [5.74, 6) is -0.312. The third-order valence-electron chi connectivity index (χ3n) is 7.39. The van der Waals surface area contributed by atoms with Gasteiger partial charge in [-0.25, -0.2) is 0 Å². The molecule has 0 N–H and O–H groups in total. The zero-order valence-electron chi connectivity index (χ0n) is 19.7. The highest BCUT2D eigenvalue weighted by atomic mass is 35.5. The third kappa shape index (κ3) is 2.66. The van der Waals surface area contributed by atoms with Crippen molar-refractivity contribution in [1.82, 2.24) is 0 Å². The summed E-state index contributed by atoms with van der Waals surface area (Å²) in [6, 6.07) is 30.8. The minimum Gasteiger partial charge on any atom is -0.295 e. The molecule has 0 spiro atoms. The number of carbonyl (C=O) groups is 2. The summed E-state index contributed by atoms with van der Waals surface area (Å²) in [5, 5.41) is 1.04. The van der Waals surface area contributed by atoms with Crippen molar-refractivity contribution in [1.29, 1.82) is 0 Å². The van der Waals surface area contributed by atoms with Gasteiger partial charge in [-0.2, -0.15) is 0 Å². The lowest BCUT2D eigenvalue weighted by Gasteiger charge is -2.49. The minimum absolute atomic E-state index is 0.156. The Morgan fingerprint density at radius 3 is 1.28 bits per heavy atom. The predicted octanol–water partition coefficient (Wildman–Crippen LogP) is 6.91. The Hall–Kier alpha value is -3.60. The van der Waals surface area contributed by atoms with Crippen LogP contribution in [0.3, 0.4) is 0 Å². The van der Waals surface area contributed by atoms with Crippen molar-refractivity contribution in [2.75, 3.05) is 9.80 Å². The topological polar surface area (TPSA) is 40.6 Å². The van der Waals surface area contributed by atoms with Crippen LogP contribution in [0.4, 0.5) is 11.4 Å². The maximum Gasteiger partial charge on any atom is 0.225 e. The van der Waals surface area contributed by atoms with Gasteiger partial charge in [0.05, 0.1) is 11.4 Å². The quantitative estimate of drug-likeness (QED) is 0.292.